The van der Waals surface area contributed by atoms with Crippen LogP contribution >= 0.6 is 0 Å². The molecule has 0 radical (unpaired) electrons. The second-order valence-corrected chi connectivity index (χ2v) is 41.6. The summed E-state index contributed by atoms with van der Waals surface area (Å²) in [7, 11) is -2.58. The van der Waals surface area contributed by atoms with Crippen LogP contribution in [0.1, 0.15) is 140 Å². The molecule has 3 N–H and O–H groups in total. The average molecular weight is 1650 g/mol. The molecule has 3 saturated carbocycles. The number of aromatic amines is 2. The molecule has 0 saturated heterocycles. The van der Waals surface area contributed by atoms with Gasteiger partial charge in [-0.25, -0.2) is 24.9 Å². The van der Waals surface area contributed by atoms with E-state index in [1.165, 1.54) is 9.13 Å². The first-order chi connectivity index (χ1) is 54.6. The number of aliphatic hydroxyl groups excluding tert-OH is 1. The lowest BCUT2D eigenvalue weighted by Crippen LogP contribution is -2.22. The number of nitrogens with zero attached hydrogens (tertiary/aromatic N) is 10. The number of hydrogen-bond donors (Lipinski definition) is 3. The summed E-state index contributed by atoms with van der Waals surface area (Å²) in [5, 5.41) is 9.30. The van der Waals surface area contributed by atoms with Crippen LogP contribution in [-0.4, -0.2) is 132 Å². The van der Waals surface area contributed by atoms with Crippen LogP contribution in [0.15, 0.2) is 139 Å². The van der Waals surface area contributed by atoms with Crippen molar-refractivity contribution in [2.24, 2.45) is 17.8 Å². The third-order valence-corrected chi connectivity index (χ3v) is 22.5. The fraction of sp³-hybridized carbons (Fsp3) is 0.475. The van der Waals surface area contributed by atoms with Crippen molar-refractivity contribution in [2.75, 3.05) is 33.0 Å². The quantitative estimate of drug-likeness (QED) is 0.0304. The van der Waals surface area contributed by atoms with Crippen molar-refractivity contribution in [2.45, 2.75) is 192 Å². The predicted octanol–water partition coefficient (Wildman–Crippen LogP) is 17.0. The van der Waals surface area contributed by atoms with Gasteiger partial charge in [0.1, 0.15) is 36.6 Å². The number of aliphatic hydroxyl groups is 1. The van der Waals surface area contributed by atoms with Crippen LogP contribution < -0.4 is 15.0 Å². The number of rotatable bonds is 23. The summed E-state index contributed by atoms with van der Waals surface area (Å²) in [5.41, 5.74) is 3.88. The van der Waals surface area contributed by atoms with Gasteiger partial charge in [0, 0.05) is 155 Å². The summed E-state index contributed by atoms with van der Waals surface area (Å²) in [4.78, 5) is 97.7. The van der Waals surface area contributed by atoms with E-state index in [1.807, 2.05) is 74.5 Å². The largest absolute Gasteiger partial charge is 0.477 e. The van der Waals surface area contributed by atoms with Crippen LogP contribution in [0.3, 0.4) is 0 Å². The summed E-state index contributed by atoms with van der Waals surface area (Å²) in [6, 6.07) is 25.9. The molecule has 115 heavy (non-hydrogen) atoms. The Balaban J connectivity index is 0.000000244. The third-order valence-electron chi connectivity index (χ3n) is 19.1. The number of imidazole rings is 3. The summed E-state index contributed by atoms with van der Waals surface area (Å²) in [6.45, 7) is 19.9. The Labute approximate surface area is 662 Å². The Bertz CT molecular complexity index is 4490. The van der Waals surface area contributed by atoms with Crippen molar-refractivity contribution in [3.05, 3.63) is 190 Å². The Morgan fingerprint density at radius 2 is 0.904 bits per heavy atom. The molecular weight excluding hydrogens is 1550 g/mol. The van der Waals surface area contributed by atoms with E-state index < -0.39 is 51.8 Å². The van der Waals surface area contributed by atoms with Crippen LogP contribution in [-0.2, 0) is 70.2 Å². The predicted molar refractivity (Wildman–Crippen MR) is 408 cm³/mol. The molecule has 0 unspecified atom stereocenters. The highest BCUT2D eigenvalue weighted by Crippen LogP contribution is 2.40. The molecule has 620 valence electrons. The van der Waals surface area contributed by atoms with Gasteiger partial charge in [-0.05, 0) is 186 Å². The Kier molecular flexibility index (Phi) is 37.2. The highest BCUT2D eigenvalue weighted by atomic mass is 28.3. The summed E-state index contributed by atoms with van der Waals surface area (Å²) >= 11 is 0. The van der Waals surface area contributed by atoms with Crippen molar-refractivity contribution < 1.29 is 92.3 Å². The zero-order chi connectivity index (χ0) is 84.4. The van der Waals surface area contributed by atoms with Gasteiger partial charge in [0.15, 0.2) is 11.4 Å². The molecule has 3 aliphatic rings. The Morgan fingerprint density at radius 3 is 1.25 bits per heavy atom. The smallest absolute Gasteiger partial charge is 0.434 e. The number of hydrogen-bond acceptors (Lipinski definition) is 20. The summed E-state index contributed by atoms with van der Waals surface area (Å²) in [5.74, 6) is 4.27. The van der Waals surface area contributed by atoms with Gasteiger partial charge < -0.3 is 43.2 Å². The van der Waals surface area contributed by atoms with E-state index in [0.717, 1.165) is 136 Å². The highest BCUT2D eigenvalue weighted by Gasteiger charge is 2.38. The highest BCUT2D eigenvalue weighted by molar-refractivity contribution is 6.76. The molecule has 35 heteroatoms. The van der Waals surface area contributed by atoms with E-state index in [2.05, 4.69) is 89.1 Å². The maximum Gasteiger partial charge on any atom is 0.434 e. The molecular formula is C80H97F9N12O12Si2. The molecule has 24 nitrogen and oxygen atoms in total. The van der Waals surface area contributed by atoms with Crippen LogP contribution in [0.5, 0.6) is 11.8 Å². The molecule has 0 spiro atoms. The van der Waals surface area contributed by atoms with E-state index in [1.54, 1.807) is 55.4 Å². The van der Waals surface area contributed by atoms with E-state index in [-0.39, 0.29) is 61.6 Å². The normalized spacial score (nSPS) is 17.4. The van der Waals surface area contributed by atoms with Crippen molar-refractivity contribution in [1.29, 1.82) is 0 Å². The number of pyridine rings is 6. The van der Waals surface area contributed by atoms with E-state index in [0.29, 0.717) is 90.4 Å². The van der Waals surface area contributed by atoms with E-state index in [9.17, 15) is 49.4 Å². The minimum absolute atomic E-state index is 0.0226. The molecule has 9 heterocycles. The molecule has 0 aliphatic heterocycles. The zero-order valence-electron chi connectivity index (χ0n) is 65.3. The number of H-pyrrole nitrogens is 2. The molecule has 9 aromatic heterocycles. The number of aromatic nitrogens is 12. The third kappa shape index (κ3) is 32.9. The molecule has 9 aromatic rings. The van der Waals surface area contributed by atoms with Crippen molar-refractivity contribution >= 4 is 34.6 Å². The number of aryl methyl sites for hydroxylation is 2. The minimum atomic E-state index is -4.52. The lowest BCUT2D eigenvalue weighted by molar-refractivity contribution is -0.193. The molecule has 0 aromatic carbocycles. The van der Waals surface area contributed by atoms with Crippen LogP contribution in [0.4, 0.5) is 39.5 Å². The molecule has 3 aliphatic carbocycles. The Hall–Kier alpha value is -10.2. The van der Waals surface area contributed by atoms with Crippen LogP contribution in [0.25, 0.3) is 34.2 Å². The number of alkyl halides is 9. The van der Waals surface area contributed by atoms with Crippen LogP contribution in [0.2, 0.25) is 51.4 Å². The van der Waals surface area contributed by atoms with Gasteiger partial charge in [-0.1, -0.05) is 45.3 Å². The van der Waals surface area contributed by atoms with E-state index in [4.69, 9.17) is 47.7 Å². The lowest BCUT2D eigenvalue weighted by atomic mass is 9.80. The molecule has 0 atom stereocenters. The SMILES string of the molecule is C[Si](C)(C)CCOCn1cc(C(F)(F)F)nc1-c1ccc(C2CCC(CO)CC2)nc1.Cc1cc[nH]c(=O)c1.Cc1ccnc(OCC2CCC(c3ccc(-c4nc(C(F)(F)F)cn4COCC[Si](C)(C)C)cn3)CC2)c1.FC(F)(F)c1cnc(-c2ccc(C3CCC(COc4ccccn4)CC3)nc2)[nH]1.O=C=O.O=C=O.O=C=O. The van der Waals surface area contributed by atoms with Gasteiger partial charge >= 0.3 is 37.0 Å². The number of nitrogens with one attached hydrogen (secondary N) is 2. The fourth-order valence-electron chi connectivity index (χ4n) is 12.7. The number of carbonyl (C=O) groups excluding carboxylic acids is 6. The number of ether oxygens (including phenoxy) is 4. The molecule has 0 amide bonds. The minimum Gasteiger partial charge on any atom is -0.477 e. The monoisotopic (exact) mass is 1640 g/mol. The van der Waals surface area contributed by atoms with E-state index >= 15 is 0 Å². The van der Waals surface area contributed by atoms with Gasteiger partial charge in [0.2, 0.25) is 17.3 Å². The van der Waals surface area contributed by atoms with Gasteiger partial charge in [0.05, 0.1) is 19.4 Å². The summed E-state index contributed by atoms with van der Waals surface area (Å²) in [6.07, 6.45) is 12.1. The molecule has 3 fully saturated rings. The van der Waals surface area contributed by atoms with Gasteiger partial charge in [-0.3, -0.25) is 19.7 Å². The van der Waals surface area contributed by atoms with Gasteiger partial charge in [0.25, 0.3) is 0 Å². The van der Waals surface area contributed by atoms with Crippen molar-refractivity contribution in [1.82, 2.24) is 59.0 Å². The van der Waals surface area contributed by atoms with Crippen molar-refractivity contribution in [3.63, 3.8) is 0 Å². The van der Waals surface area contributed by atoms with Crippen molar-refractivity contribution in [3.8, 4) is 45.9 Å². The standard InChI is InChI=1S/C28H37F3N4O2Si.C22H32F3N3O2Si.C21H21F3N4O.C6H7NO.3CO2/c1-20-11-12-32-26(15-20)37-18-21-5-7-22(8-6-21)24-10-9-23(16-33-24)27-34-25(28(29,30)31)17-35(27)19-36-13-14-38(2,3)4;1-31(2,3)11-10-30-15-28-13-20(22(23,24)25)27-21(28)18-8-9-19(26-12-18)17-6-4-16(14-29)5-7-17;22-21(23,24)18-12-27-20(28-18)16-8-9-17(26-11-16)15-6-4-14(5-7-15)13-29-19-3-1-2-10-25-19;1-5-2-3-7-6(8)4-5;3*2-1-3/h9-12,15-17,21-22H,5-8,13-14,18-19H2,1-4H3;8-9,12-13,16-17,29H,4-7,10-11,14-15H2,1-3H3;1-3,8-12,14-15H,4-7,13H2,(H,27,28);2-4H,1H3,(H,7,8);;;. The lowest BCUT2D eigenvalue weighted by Gasteiger charge is -2.28. The topological polar surface area (TPSA) is 321 Å². The molecule has 0 bridgehead atoms. The maximum atomic E-state index is 13.4. The fourth-order valence-corrected chi connectivity index (χ4v) is 14.2. The van der Waals surface area contributed by atoms with Crippen LogP contribution in [0, 0.1) is 31.6 Å². The maximum absolute atomic E-state index is 13.4. The first-order valence-electron chi connectivity index (χ1n) is 37.4. The average Bonchev–Trinajstić information content (AvgIpc) is 1.67. The first-order valence-corrected chi connectivity index (χ1v) is 44.8. The Morgan fingerprint density at radius 1 is 0.487 bits per heavy atom. The van der Waals surface area contributed by atoms with Gasteiger partial charge in [-0.2, -0.15) is 68.3 Å². The number of halogens is 9. The first kappa shape index (κ1) is 93.6. The summed E-state index contributed by atoms with van der Waals surface area (Å²) < 4.78 is 144. The second-order valence-electron chi connectivity index (χ2n) is 30.4. The van der Waals surface area contributed by atoms with Gasteiger partial charge in [-0.15, -0.1) is 0 Å². The molecule has 12 rings (SSSR count). The zero-order valence-corrected chi connectivity index (χ0v) is 67.3. The second kappa shape index (κ2) is 45.7.